The van der Waals surface area contributed by atoms with Gasteiger partial charge < -0.3 is 13.9 Å². The number of benzene rings is 2. The second-order valence-electron chi connectivity index (χ2n) is 5.55. The van der Waals surface area contributed by atoms with E-state index in [4.69, 9.17) is 19.2 Å². The normalized spacial score (nSPS) is 11.6. The predicted molar refractivity (Wildman–Crippen MR) is 91.2 cm³/mol. The van der Waals surface area contributed by atoms with Crippen LogP contribution in [0.5, 0.6) is 11.5 Å². The lowest BCUT2D eigenvalue weighted by atomic mass is 10.1. The Labute approximate surface area is 145 Å². The van der Waals surface area contributed by atoms with Crippen molar-refractivity contribution < 1.29 is 13.9 Å². The molecule has 0 saturated heterocycles. The third-order valence-corrected chi connectivity index (χ3v) is 3.65. The molecule has 25 heavy (non-hydrogen) atoms. The van der Waals surface area contributed by atoms with Gasteiger partial charge in [0, 0.05) is 11.6 Å². The number of aryl methyl sites for hydroxylation is 1. The fourth-order valence-corrected chi connectivity index (χ4v) is 2.37. The molecule has 1 heterocycles. The maximum Gasteiger partial charge on any atom is 0.257 e. The first-order valence-electron chi connectivity index (χ1n) is 7.76. The van der Waals surface area contributed by atoms with Crippen molar-refractivity contribution in [1.82, 2.24) is 10.2 Å². The third-order valence-electron chi connectivity index (χ3n) is 3.65. The Morgan fingerprint density at radius 3 is 2.68 bits per heavy atom. The van der Waals surface area contributed by atoms with Crippen LogP contribution in [0.15, 0.2) is 46.9 Å². The van der Waals surface area contributed by atoms with Crippen molar-refractivity contribution in [1.29, 1.82) is 5.26 Å². The summed E-state index contributed by atoms with van der Waals surface area (Å²) in [4.78, 5) is 0. The van der Waals surface area contributed by atoms with E-state index < -0.39 is 6.10 Å². The van der Waals surface area contributed by atoms with Gasteiger partial charge in [-0.25, -0.2) is 0 Å². The van der Waals surface area contributed by atoms with E-state index in [9.17, 15) is 0 Å². The second-order valence-corrected chi connectivity index (χ2v) is 5.55. The number of aromatic nitrogens is 2. The first-order chi connectivity index (χ1) is 12.1. The Balaban J connectivity index is 1.81. The Morgan fingerprint density at radius 2 is 1.96 bits per heavy atom. The molecule has 1 atom stereocenters. The van der Waals surface area contributed by atoms with Crippen molar-refractivity contribution in [3.8, 4) is 29.0 Å². The van der Waals surface area contributed by atoms with Gasteiger partial charge in [-0.1, -0.05) is 17.7 Å². The van der Waals surface area contributed by atoms with Gasteiger partial charge in [0.25, 0.3) is 5.89 Å². The van der Waals surface area contributed by atoms with Crippen LogP contribution >= 0.6 is 0 Å². The SMILES string of the molecule is COc1cc(C#N)ccc1O[C@H](C)c1nnc(-c2cccc(C)c2)o1. The highest BCUT2D eigenvalue weighted by molar-refractivity contribution is 5.53. The number of ether oxygens (including phenoxy) is 2. The number of hydrogen-bond acceptors (Lipinski definition) is 6. The van der Waals surface area contributed by atoms with Gasteiger partial charge in [-0.15, -0.1) is 10.2 Å². The average molecular weight is 335 g/mol. The van der Waals surface area contributed by atoms with E-state index in [1.807, 2.05) is 38.1 Å². The lowest BCUT2D eigenvalue weighted by Gasteiger charge is -2.14. The molecule has 0 aliphatic heterocycles. The van der Waals surface area contributed by atoms with Crippen molar-refractivity contribution in [2.24, 2.45) is 0 Å². The van der Waals surface area contributed by atoms with Gasteiger partial charge in [0.15, 0.2) is 17.6 Å². The first kappa shape index (κ1) is 16.5. The highest BCUT2D eigenvalue weighted by atomic mass is 16.5. The summed E-state index contributed by atoms with van der Waals surface area (Å²) in [5.41, 5.74) is 2.47. The molecule has 0 aliphatic rings. The minimum atomic E-state index is -0.465. The minimum Gasteiger partial charge on any atom is -0.493 e. The van der Waals surface area contributed by atoms with Crippen LogP contribution in [-0.4, -0.2) is 17.3 Å². The maximum atomic E-state index is 8.96. The van der Waals surface area contributed by atoms with Crippen molar-refractivity contribution in [3.05, 3.63) is 59.5 Å². The van der Waals surface area contributed by atoms with Crippen molar-refractivity contribution in [3.63, 3.8) is 0 Å². The molecule has 126 valence electrons. The van der Waals surface area contributed by atoms with Gasteiger partial charge in [-0.2, -0.15) is 5.26 Å². The van der Waals surface area contributed by atoms with Gasteiger partial charge in [0.2, 0.25) is 5.89 Å². The van der Waals surface area contributed by atoms with E-state index >= 15 is 0 Å². The van der Waals surface area contributed by atoms with Crippen LogP contribution in [0, 0.1) is 18.3 Å². The topological polar surface area (TPSA) is 81.2 Å². The molecular weight excluding hydrogens is 318 g/mol. The van der Waals surface area contributed by atoms with Crippen LogP contribution in [-0.2, 0) is 0 Å². The third kappa shape index (κ3) is 3.61. The van der Waals surface area contributed by atoms with Crippen LogP contribution in [0.2, 0.25) is 0 Å². The molecule has 6 heteroatoms. The minimum absolute atomic E-state index is 0.364. The average Bonchev–Trinajstić information content (AvgIpc) is 3.12. The molecule has 3 rings (SSSR count). The first-order valence-corrected chi connectivity index (χ1v) is 7.76. The number of nitriles is 1. The zero-order chi connectivity index (χ0) is 17.8. The number of methoxy groups -OCH3 is 1. The summed E-state index contributed by atoms with van der Waals surface area (Å²) in [7, 11) is 1.52. The molecule has 2 aromatic carbocycles. The quantitative estimate of drug-likeness (QED) is 0.699. The molecule has 0 bridgehead atoms. The van der Waals surface area contributed by atoms with E-state index in [1.165, 1.54) is 7.11 Å². The Bertz CT molecular complexity index is 928. The molecule has 6 nitrogen and oxygen atoms in total. The van der Waals surface area contributed by atoms with Gasteiger partial charge in [0.1, 0.15) is 0 Å². The summed E-state index contributed by atoms with van der Waals surface area (Å²) in [6.45, 7) is 3.81. The Kier molecular flexibility index (Phi) is 4.66. The molecule has 1 aromatic heterocycles. The largest absolute Gasteiger partial charge is 0.493 e. The van der Waals surface area contributed by atoms with Crippen molar-refractivity contribution >= 4 is 0 Å². The lowest BCUT2D eigenvalue weighted by molar-refractivity contribution is 0.182. The number of nitrogens with zero attached hydrogens (tertiary/aromatic N) is 3. The molecule has 0 radical (unpaired) electrons. The summed E-state index contributed by atoms with van der Waals surface area (Å²) in [6, 6.07) is 14.9. The summed E-state index contributed by atoms with van der Waals surface area (Å²) in [5, 5.41) is 17.1. The highest BCUT2D eigenvalue weighted by Crippen LogP contribution is 2.32. The van der Waals surface area contributed by atoms with Crippen LogP contribution in [0.3, 0.4) is 0 Å². The summed E-state index contributed by atoms with van der Waals surface area (Å²) >= 11 is 0. The molecule has 0 aliphatic carbocycles. The highest BCUT2D eigenvalue weighted by Gasteiger charge is 2.18. The van der Waals surface area contributed by atoms with Crippen LogP contribution in [0.4, 0.5) is 0 Å². The lowest BCUT2D eigenvalue weighted by Crippen LogP contribution is -2.04. The van der Waals surface area contributed by atoms with E-state index in [0.29, 0.717) is 28.8 Å². The van der Waals surface area contributed by atoms with Crippen molar-refractivity contribution in [2.75, 3.05) is 7.11 Å². The van der Waals surface area contributed by atoms with Crippen LogP contribution < -0.4 is 9.47 Å². The predicted octanol–water partition coefficient (Wildman–Crippen LogP) is 4.07. The smallest absolute Gasteiger partial charge is 0.257 e. The molecule has 0 unspecified atom stereocenters. The fourth-order valence-electron chi connectivity index (χ4n) is 2.37. The van der Waals surface area contributed by atoms with E-state index in [1.54, 1.807) is 18.2 Å². The van der Waals surface area contributed by atoms with Gasteiger partial charge in [-0.05, 0) is 38.1 Å². The summed E-state index contributed by atoms with van der Waals surface area (Å²) in [5.74, 6) is 1.79. The molecule has 0 N–H and O–H groups in total. The molecule has 0 spiro atoms. The van der Waals surface area contributed by atoms with Gasteiger partial charge in [0.05, 0.1) is 18.7 Å². The molecule has 0 saturated carbocycles. The van der Waals surface area contributed by atoms with Gasteiger partial charge in [-0.3, -0.25) is 0 Å². The van der Waals surface area contributed by atoms with Crippen LogP contribution in [0.25, 0.3) is 11.5 Å². The van der Waals surface area contributed by atoms with Crippen molar-refractivity contribution in [2.45, 2.75) is 20.0 Å². The summed E-state index contributed by atoms with van der Waals surface area (Å²) in [6.07, 6.45) is -0.465. The second kappa shape index (κ2) is 7.05. The molecule has 0 amide bonds. The monoisotopic (exact) mass is 335 g/mol. The molecule has 0 fully saturated rings. The fraction of sp³-hybridized carbons (Fsp3) is 0.211. The van der Waals surface area contributed by atoms with E-state index in [2.05, 4.69) is 16.3 Å². The van der Waals surface area contributed by atoms with Gasteiger partial charge >= 0.3 is 0 Å². The standard InChI is InChI=1S/C19H17N3O3/c1-12-5-4-6-15(9-12)19-22-21-18(25-19)13(2)24-16-8-7-14(11-20)10-17(16)23-3/h4-10,13H,1-3H3/t13-/m1/s1. The summed E-state index contributed by atoms with van der Waals surface area (Å²) < 4.78 is 16.9. The molecular formula is C19H17N3O3. The Hall–Kier alpha value is -3.33. The maximum absolute atomic E-state index is 8.96. The zero-order valence-corrected chi connectivity index (χ0v) is 14.2. The number of rotatable bonds is 5. The number of hydrogen-bond donors (Lipinski definition) is 0. The molecule has 3 aromatic rings. The zero-order valence-electron chi connectivity index (χ0n) is 14.2. The van der Waals surface area contributed by atoms with E-state index in [0.717, 1.165) is 11.1 Å². The van der Waals surface area contributed by atoms with E-state index in [-0.39, 0.29) is 0 Å². The van der Waals surface area contributed by atoms with Crippen LogP contribution in [0.1, 0.15) is 30.0 Å². The Morgan fingerprint density at radius 1 is 1.12 bits per heavy atom.